The molecular weight excluding hydrogens is 566 g/mol. The van der Waals surface area contributed by atoms with Crippen molar-refractivity contribution in [3.63, 3.8) is 0 Å². The number of ether oxygens (including phenoxy) is 3. The predicted octanol–water partition coefficient (Wildman–Crippen LogP) is 4.78. The van der Waals surface area contributed by atoms with E-state index in [2.05, 4.69) is 17.6 Å². The minimum absolute atomic E-state index is 0.0428. The highest BCUT2D eigenvalue weighted by molar-refractivity contribution is 6.26. The normalized spacial score (nSPS) is 16.4. The molecule has 1 unspecified atom stereocenters. The third-order valence-electron chi connectivity index (χ3n) is 7.82. The summed E-state index contributed by atoms with van der Waals surface area (Å²) in [7, 11) is 0. The standard InChI is InChI=1S/C33H49N3O8/c1-2-3-4-5-6-7-8-11-19-42-21-23-44-24-22-43-20-12-9-10-16-28(37)34-26-15-13-14-25-30(26)33(41)36(32(25)40)27-17-18-29(38)35-31(27)39/h13-15,27H,2-12,16-24H2,1H3,(H,34,37)(H,35,38,39). The maximum atomic E-state index is 13.1. The van der Waals surface area contributed by atoms with Gasteiger partial charge in [0.1, 0.15) is 6.04 Å². The van der Waals surface area contributed by atoms with Gasteiger partial charge >= 0.3 is 0 Å². The van der Waals surface area contributed by atoms with Crippen molar-refractivity contribution >= 4 is 35.2 Å². The average Bonchev–Trinajstić information content (AvgIpc) is 3.26. The topological polar surface area (TPSA) is 140 Å². The molecule has 1 saturated heterocycles. The van der Waals surface area contributed by atoms with Crippen molar-refractivity contribution in [2.45, 2.75) is 103 Å². The van der Waals surface area contributed by atoms with Crippen LogP contribution >= 0.6 is 0 Å². The van der Waals surface area contributed by atoms with Crippen LogP contribution in [0.2, 0.25) is 0 Å². The van der Waals surface area contributed by atoms with Crippen LogP contribution in [0.4, 0.5) is 5.69 Å². The molecule has 0 bridgehead atoms. The van der Waals surface area contributed by atoms with E-state index in [0.29, 0.717) is 39.5 Å². The molecule has 244 valence electrons. The Labute approximate surface area is 260 Å². The molecule has 11 nitrogen and oxygen atoms in total. The van der Waals surface area contributed by atoms with Crippen LogP contribution in [-0.4, -0.2) is 80.1 Å². The third-order valence-corrected chi connectivity index (χ3v) is 7.82. The molecule has 1 aromatic carbocycles. The highest BCUT2D eigenvalue weighted by Crippen LogP contribution is 2.32. The Hall–Kier alpha value is -3.15. The maximum Gasteiger partial charge on any atom is 0.264 e. The highest BCUT2D eigenvalue weighted by atomic mass is 16.5. The van der Waals surface area contributed by atoms with E-state index in [0.717, 1.165) is 30.8 Å². The summed E-state index contributed by atoms with van der Waals surface area (Å²) in [6, 6.07) is 3.59. The molecule has 0 aliphatic carbocycles. The van der Waals surface area contributed by atoms with E-state index < -0.39 is 29.7 Å². The van der Waals surface area contributed by atoms with Gasteiger partial charge in [-0.1, -0.05) is 64.4 Å². The van der Waals surface area contributed by atoms with Crippen LogP contribution in [-0.2, 0) is 28.6 Å². The number of benzene rings is 1. The summed E-state index contributed by atoms with van der Waals surface area (Å²) in [6.07, 6.45) is 12.9. The molecule has 0 aromatic heterocycles. The van der Waals surface area contributed by atoms with E-state index in [1.807, 2.05) is 0 Å². The van der Waals surface area contributed by atoms with E-state index in [1.165, 1.54) is 51.0 Å². The number of hydrogen-bond donors (Lipinski definition) is 2. The molecule has 0 saturated carbocycles. The van der Waals surface area contributed by atoms with Crippen molar-refractivity contribution in [3.8, 4) is 0 Å². The molecule has 11 heteroatoms. The van der Waals surface area contributed by atoms with E-state index in [9.17, 15) is 24.0 Å². The monoisotopic (exact) mass is 615 g/mol. The number of amides is 5. The smallest absolute Gasteiger partial charge is 0.264 e. The van der Waals surface area contributed by atoms with Gasteiger partial charge in [-0.25, -0.2) is 0 Å². The third kappa shape index (κ3) is 11.4. The minimum Gasteiger partial charge on any atom is -0.379 e. The molecule has 5 amide bonds. The summed E-state index contributed by atoms with van der Waals surface area (Å²) in [5.41, 5.74) is 0.439. The van der Waals surface area contributed by atoms with Gasteiger partial charge in [0.15, 0.2) is 0 Å². The van der Waals surface area contributed by atoms with Crippen LogP contribution in [0, 0.1) is 0 Å². The van der Waals surface area contributed by atoms with Gasteiger partial charge in [0, 0.05) is 26.1 Å². The summed E-state index contributed by atoms with van der Waals surface area (Å²) < 4.78 is 16.8. The van der Waals surface area contributed by atoms with Crippen molar-refractivity contribution in [1.29, 1.82) is 0 Å². The molecule has 1 aromatic rings. The van der Waals surface area contributed by atoms with Gasteiger partial charge < -0.3 is 19.5 Å². The highest BCUT2D eigenvalue weighted by Gasteiger charge is 2.45. The zero-order valence-electron chi connectivity index (χ0n) is 26.2. The Morgan fingerprint density at radius 2 is 1.39 bits per heavy atom. The van der Waals surface area contributed by atoms with Crippen molar-refractivity contribution in [2.24, 2.45) is 0 Å². The largest absolute Gasteiger partial charge is 0.379 e. The number of fused-ring (bicyclic) bond motifs is 1. The molecular formula is C33H49N3O8. The van der Waals surface area contributed by atoms with E-state index in [-0.39, 0.29) is 42.0 Å². The Balaban J connectivity index is 1.19. The van der Waals surface area contributed by atoms with Gasteiger partial charge in [0.25, 0.3) is 11.8 Å². The van der Waals surface area contributed by atoms with Gasteiger partial charge in [-0.05, 0) is 37.8 Å². The average molecular weight is 616 g/mol. The lowest BCUT2D eigenvalue weighted by Crippen LogP contribution is -2.54. The van der Waals surface area contributed by atoms with Gasteiger partial charge in [0.05, 0.1) is 43.2 Å². The molecule has 0 spiro atoms. The number of piperidine rings is 1. The first-order valence-corrected chi connectivity index (χ1v) is 16.3. The zero-order valence-corrected chi connectivity index (χ0v) is 26.2. The Morgan fingerprint density at radius 3 is 2.02 bits per heavy atom. The number of anilines is 1. The van der Waals surface area contributed by atoms with E-state index in [1.54, 1.807) is 12.1 Å². The minimum atomic E-state index is -1.05. The number of imide groups is 2. The summed E-state index contributed by atoms with van der Waals surface area (Å²) in [6.45, 7) is 5.82. The second-order valence-corrected chi connectivity index (χ2v) is 11.3. The first kappa shape index (κ1) is 35.3. The fourth-order valence-electron chi connectivity index (χ4n) is 5.38. The molecule has 2 N–H and O–H groups in total. The number of hydrogen-bond acceptors (Lipinski definition) is 8. The summed E-state index contributed by atoms with van der Waals surface area (Å²) >= 11 is 0. The number of carbonyl (C=O) groups excluding carboxylic acids is 5. The molecule has 2 heterocycles. The van der Waals surface area contributed by atoms with Crippen molar-refractivity contribution in [2.75, 3.05) is 45.0 Å². The molecule has 1 fully saturated rings. The number of carbonyl (C=O) groups is 5. The Kier molecular flexibility index (Phi) is 16.1. The Bertz CT molecular complexity index is 1110. The lowest BCUT2D eigenvalue weighted by molar-refractivity contribution is -0.136. The molecule has 2 aliphatic heterocycles. The quantitative estimate of drug-likeness (QED) is 0.132. The maximum absolute atomic E-state index is 13.1. The summed E-state index contributed by atoms with van der Waals surface area (Å²) in [5.74, 6) is -2.63. The number of unbranched alkanes of at least 4 members (excludes halogenated alkanes) is 9. The number of nitrogens with zero attached hydrogens (tertiary/aromatic N) is 1. The van der Waals surface area contributed by atoms with E-state index >= 15 is 0 Å². The van der Waals surface area contributed by atoms with Gasteiger partial charge in [-0.15, -0.1) is 0 Å². The van der Waals surface area contributed by atoms with Crippen LogP contribution in [0.1, 0.15) is 118 Å². The van der Waals surface area contributed by atoms with Crippen LogP contribution in [0.5, 0.6) is 0 Å². The van der Waals surface area contributed by atoms with Crippen LogP contribution in [0.25, 0.3) is 0 Å². The first-order chi connectivity index (χ1) is 21.4. The number of nitrogens with one attached hydrogen (secondary N) is 2. The predicted molar refractivity (Wildman–Crippen MR) is 165 cm³/mol. The molecule has 44 heavy (non-hydrogen) atoms. The second-order valence-electron chi connectivity index (χ2n) is 11.3. The van der Waals surface area contributed by atoms with Gasteiger partial charge in [-0.3, -0.25) is 34.2 Å². The van der Waals surface area contributed by atoms with Crippen LogP contribution in [0.3, 0.4) is 0 Å². The van der Waals surface area contributed by atoms with Crippen molar-refractivity contribution < 1.29 is 38.2 Å². The fourth-order valence-corrected chi connectivity index (χ4v) is 5.38. The second kappa shape index (κ2) is 20.0. The lowest BCUT2D eigenvalue weighted by Gasteiger charge is -2.27. The summed E-state index contributed by atoms with van der Waals surface area (Å²) in [5, 5.41) is 4.92. The molecule has 3 rings (SSSR count). The van der Waals surface area contributed by atoms with E-state index in [4.69, 9.17) is 14.2 Å². The van der Waals surface area contributed by atoms with Crippen molar-refractivity contribution in [3.05, 3.63) is 29.3 Å². The van der Waals surface area contributed by atoms with Crippen LogP contribution in [0.15, 0.2) is 18.2 Å². The van der Waals surface area contributed by atoms with Crippen molar-refractivity contribution in [1.82, 2.24) is 10.2 Å². The summed E-state index contributed by atoms with van der Waals surface area (Å²) in [4.78, 5) is 63.3. The SMILES string of the molecule is CCCCCCCCCCOCCOCCOCCCCCC(=O)Nc1cccc2c1C(=O)N(C1CCC(=O)NC1=O)C2=O. The number of rotatable bonds is 23. The Morgan fingerprint density at radius 1 is 0.795 bits per heavy atom. The molecule has 1 atom stereocenters. The van der Waals surface area contributed by atoms with Gasteiger partial charge in [-0.2, -0.15) is 0 Å². The lowest BCUT2D eigenvalue weighted by atomic mass is 10.0. The first-order valence-electron chi connectivity index (χ1n) is 16.3. The zero-order chi connectivity index (χ0) is 31.6. The molecule has 0 radical (unpaired) electrons. The van der Waals surface area contributed by atoms with Crippen LogP contribution < -0.4 is 10.6 Å². The van der Waals surface area contributed by atoms with Gasteiger partial charge in [0.2, 0.25) is 17.7 Å². The fraction of sp³-hybridized carbons (Fsp3) is 0.667. The molecule has 2 aliphatic rings.